The van der Waals surface area contributed by atoms with Gasteiger partial charge in [-0.2, -0.15) is 11.8 Å². The van der Waals surface area contributed by atoms with Crippen LogP contribution in [-0.2, 0) is 12.3 Å². The molecule has 0 saturated carbocycles. The van der Waals surface area contributed by atoms with E-state index in [4.69, 9.17) is 4.42 Å². The van der Waals surface area contributed by atoms with Gasteiger partial charge < -0.3 is 9.73 Å². The third-order valence-electron chi connectivity index (χ3n) is 2.50. The van der Waals surface area contributed by atoms with E-state index >= 15 is 0 Å². The first-order valence-electron chi connectivity index (χ1n) is 5.47. The molecule has 1 atom stereocenters. The summed E-state index contributed by atoms with van der Waals surface area (Å²) in [5, 5.41) is 3.76. The molecule has 0 aromatic carbocycles. The minimum atomic E-state index is 0.683. The zero-order chi connectivity index (χ0) is 11.3. The summed E-state index contributed by atoms with van der Waals surface area (Å²) in [7, 11) is 1.93. The van der Waals surface area contributed by atoms with Crippen molar-refractivity contribution in [2.45, 2.75) is 38.3 Å². The van der Waals surface area contributed by atoms with Crippen LogP contribution in [0.5, 0.6) is 0 Å². The van der Waals surface area contributed by atoms with E-state index in [-0.39, 0.29) is 0 Å². The van der Waals surface area contributed by atoms with Gasteiger partial charge in [0.05, 0.1) is 12.3 Å². The maximum Gasteiger partial charge on any atom is 0.117 e. The van der Waals surface area contributed by atoms with Crippen LogP contribution in [0.3, 0.4) is 0 Å². The summed E-state index contributed by atoms with van der Waals surface area (Å²) in [6.45, 7) is 7.59. The molecule has 15 heavy (non-hydrogen) atoms. The molecular weight excluding hydrogens is 206 g/mol. The molecule has 0 saturated heterocycles. The number of furan rings is 1. The number of thioether (sulfide) groups is 1. The number of hydrogen-bond acceptors (Lipinski definition) is 3. The highest BCUT2D eigenvalue weighted by Crippen LogP contribution is 2.23. The van der Waals surface area contributed by atoms with Crippen LogP contribution in [0, 0.1) is 5.92 Å². The summed E-state index contributed by atoms with van der Waals surface area (Å²) in [5.41, 5.74) is 0. The molecule has 0 radical (unpaired) electrons. The predicted molar refractivity (Wildman–Crippen MR) is 67.1 cm³/mol. The summed E-state index contributed by atoms with van der Waals surface area (Å²) in [6.07, 6.45) is 0. The first-order valence-corrected chi connectivity index (χ1v) is 6.52. The SMILES string of the molecule is CNCc1ccc(CSC(C)C(C)C)o1. The molecule has 1 aromatic rings. The van der Waals surface area contributed by atoms with Crippen LogP contribution in [-0.4, -0.2) is 12.3 Å². The van der Waals surface area contributed by atoms with Gasteiger partial charge in [-0.1, -0.05) is 20.8 Å². The maximum absolute atomic E-state index is 5.67. The molecule has 0 fully saturated rings. The molecule has 1 rings (SSSR count). The van der Waals surface area contributed by atoms with E-state index in [1.807, 2.05) is 24.9 Å². The van der Waals surface area contributed by atoms with Crippen LogP contribution in [0.25, 0.3) is 0 Å². The molecule has 1 aromatic heterocycles. The fraction of sp³-hybridized carbons (Fsp3) is 0.667. The molecule has 1 unspecified atom stereocenters. The standard InChI is InChI=1S/C12H21NOS/c1-9(2)10(3)15-8-12-6-5-11(14-12)7-13-4/h5-6,9-10,13H,7-8H2,1-4H3. The Bertz CT molecular complexity index is 283. The van der Waals surface area contributed by atoms with Crippen LogP contribution < -0.4 is 5.32 Å². The summed E-state index contributed by atoms with van der Waals surface area (Å²) >= 11 is 1.95. The Balaban J connectivity index is 2.37. The van der Waals surface area contributed by atoms with Crippen molar-refractivity contribution in [3.63, 3.8) is 0 Å². The maximum atomic E-state index is 5.67. The Morgan fingerprint density at radius 1 is 1.27 bits per heavy atom. The fourth-order valence-electron chi connectivity index (χ4n) is 1.18. The Morgan fingerprint density at radius 2 is 1.93 bits per heavy atom. The smallest absolute Gasteiger partial charge is 0.117 e. The Morgan fingerprint density at radius 3 is 2.53 bits per heavy atom. The van der Waals surface area contributed by atoms with Crippen molar-refractivity contribution in [3.05, 3.63) is 23.7 Å². The van der Waals surface area contributed by atoms with Crippen LogP contribution in [0.4, 0.5) is 0 Å². The molecule has 0 aliphatic carbocycles. The molecule has 0 amide bonds. The minimum absolute atomic E-state index is 0.683. The van der Waals surface area contributed by atoms with Crippen molar-refractivity contribution >= 4 is 11.8 Å². The second kappa shape index (κ2) is 6.23. The van der Waals surface area contributed by atoms with Gasteiger partial charge in [-0.05, 0) is 25.1 Å². The van der Waals surface area contributed by atoms with Gasteiger partial charge >= 0.3 is 0 Å². The van der Waals surface area contributed by atoms with E-state index < -0.39 is 0 Å². The zero-order valence-electron chi connectivity index (χ0n) is 10.0. The topological polar surface area (TPSA) is 25.2 Å². The van der Waals surface area contributed by atoms with Crippen molar-refractivity contribution in [2.75, 3.05) is 7.05 Å². The molecule has 1 heterocycles. The highest BCUT2D eigenvalue weighted by atomic mass is 32.2. The third-order valence-corrected chi connectivity index (χ3v) is 4.02. The van der Waals surface area contributed by atoms with Crippen molar-refractivity contribution in [2.24, 2.45) is 5.92 Å². The van der Waals surface area contributed by atoms with E-state index in [1.54, 1.807) is 0 Å². The summed E-state index contributed by atoms with van der Waals surface area (Å²) in [5.74, 6) is 3.80. The minimum Gasteiger partial charge on any atom is -0.464 e. The van der Waals surface area contributed by atoms with Gasteiger partial charge in [0.2, 0.25) is 0 Å². The van der Waals surface area contributed by atoms with E-state index in [9.17, 15) is 0 Å². The van der Waals surface area contributed by atoms with Crippen LogP contribution >= 0.6 is 11.8 Å². The number of nitrogens with one attached hydrogen (secondary N) is 1. The van der Waals surface area contributed by atoms with E-state index in [0.29, 0.717) is 5.25 Å². The molecular formula is C12H21NOS. The number of hydrogen-bond donors (Lipinski definition) is 1. The second-order valence-electron chi connectivity index (χ2n) is 4.16. The molecule has 0 spiro atoms. The molecule has 0 aliphatic rings. The normalized spacial score (nSPS) is 13.4. The molecule has 2 nitrogen and oxygen atoms in total. The van der Waals surface area contributed by atoms with Crippen molar-refractivity contribution in [1.82, 2.24) is 5.32 Å². The average Bonchev–Trinajstić information content (AvgIpc) is 2.62. The highest BCUT2D eigenvalue weighted by Gasteiger charge is 2.09. The molecule has 0 bridgehead atoms. The van der Waals surface area contributed by atoms with Gasteiger partial charge in [0.15, 0.2) is 0 Å². The first kappa shape index (κ1) is 12.7. The summed E-state index contributed by atoms with van der Waals surface area (Å²) in [4.78, 5) is 0. The van der Waals surface area contributed by atoms with E-state index in [1.165, 1.54) is 0 Å². The quantitative estimate of drug-likeness (QED) is 0.807. The van der Waals surface area contributed by atoms with Gasteiger partial charge in [-0.3, -0.25) is 0 Å². The third kappa shape index (κ3) is 4.31. The Hall–Kier alpha value is -0.410. The summed E-state index contributed by atoms with van der Waals surface area (Å²) < 4.78 is 5.67. The first-order chi connectivity index (χ1) is 7.13. The monoisotopic (exact) mass is 227 g/mol. The Labute approximate surface area is 96.8 Å². The lowest BCUT2D eigenvalue weighted by molar-refractivity contribution is 0.468. The predicted octanol–water partition coefficient (Wildman–Crippen LogP) is 3.28. The lowest BCUT2D eigenvalue weighted by atomic mass is 10.2. The van der Waals surface area contributed by atoms with Gasteiger partial charge in [0.1, 0.15) is 11.5 Å². The van der Waals surface area contributed by atoms with Crippen molar-refractivity contribution < 1.29 is 4.42 Å². The number of rotatable bonds is 6. The van der Waals surface area contributed by atoms with Crippen molar-refractivity contribution in [3.8, 4) is 0 Å². The average molecular weight is 227 g/mol. The van der Waals surface area contributed by atoms with E-state index in [0.717, 1.165) is 29.7 Å². The Kier molecular flexibility index (Phi) is 5.26. The van der Waals surface area contributed by atoms with Crippen LogP contribution in [0.1, 0.15) is 32.3 Å². The van der Waals surface area contributed by atoms with Crippen LogP contribution in [0.15, 0.2) is 16.5 Å². The van der Waals surface area contributed by atoms with E-state index in [2.05, 4.69) is 32.2 Å². The van der Waals surface area contributed by atoms with Crippen LogP contribution in [0.2, 0.25) is 0 Å². The second-order valence-corrected chi connectivity index (χ2v) is 5.52. The van der Waals surface area contributed by atoms with Gasteiger partial charge in [0, 0.05) is 5.25 Å². The lowest BCUT2D eigenvalue weighted by Crippen LogP contribution is -2.05. The van der Waals surface area contributed by atoms with Gasteiger partial charge in [-0.25, -0.2) is 0 Å². The molecule has 1 N–H and O–H groups in total. The zero-order valence-corrected chi connectivity index (χ0v) is 10.9. The van der Waals surface area contributed by atoms with Gasteiger partial charge in [-0.15, -0.1) is 0 Å². The highest BCUT2D eigenvalue weighted by molar-refractivity contribution is 7.99. The molecule has 3 heteroatoms. The molecule has 86 valence electrons. The summed E-state index contributed by atoms with van der Waals surface area (Å²) in [6, 6.07) is 4.12. The largest absolute Gasteiger partial charge is 0.464 e. The molecule has 0 aliphatic heterocycles. The van der Waals surface area contributed by atoms with Crippen molar-refractivity contribution in [1.29, 1.82) is 0 Å². The lowest BCUT2D eigenvalue weighted by Gasteiger charge is -2.13. The van der Waals surface area contributed by atoms with Gasteiger partial charge in [0.25, 0.3) is 0 Å². The fourth-order valence-corrected chi connectivity index (χ4v) is 2.14.